The lowest BCUT2D eigenvalue weighted by Crippen LogP contribution is -2.44. The van der Waals surface area contributed by atoms with E-state index in [1.54, 1.807) is 12.1 Å². The van der Waals surface area contributed by atoms with Crippen molar-refractivity contribution in [1.29, 1.82) is 0 Å². The number of carbonyl (C=O) groups is 1. The van der Waals surface area contributed by atoms with Crippen LogP contribution in [0.25, 0.3) is 0 Å². The number of benzene rings is 2. The quantitative estimate of drug-likeness (QED) is 0.499. The molecule has 1 aliphatic rings. The van der Waals surface area contributed by atoms with E-state index in [2.05, 4.69) is 10.2 Å². The molecule has 2 aromatic carbocycles. The maximum Gasteiger partial charge on any atom is 0.230 e. The molecule has 1 N–H and O–H groups in total. The molecular weight excluding hydrogens is 529 g/mol. The molecule has 2 aromatic rings. The molecule has 1 saturated heterocycles. The van der Waals surface area contributed by atoms with E-state index in [4.69, 9.17) is 34.8 Å². The van der Waals surface area contributed by atoms with Crippen LogP contribution in [-0.4, -0.2) is 62.5 Å². The van der Waals surface area contributed by atoms with Gasteiger partial charge in [0.05, 0.1) is 21.7 Å². The van der Waals surface area contributed by atoms with E-state index in [-0.39, 0.29) is 5.91 Å². The largest absolute Gasteiger partial charge is 0.351 e. The van der Waals surface area contributed by atoms with E-state index in [0.717, 1.165) is 29.7 Å². The fourth-order valence-corrected chi connectivity index (χ4v) is 5.60. The number of halogens is 3. The zero-order valence-electron chi connectivity index (χ0n) is 20.3. The highest BCUT2D eigenvalue weighted by Gasteiger charge is 2.36. The van der Waals surface area contributed by atoms with E-state index in [0.29, 0.717) is 54.2 Å². The fraction of sp³-hybridized carbons (Fsp3) is 0.480. The number of carbonyl (C=O) groups excluding carboxylic acids is 1. The van der Waals surface area contributed by atoms with Crippen molar-refractivity contribution in [2.24, 2.45) is 0 Å². The van der Waals surface area contributed by atoms with Gasteiger partial charge in [0.25, 0.3) is 0 Å². The normalized spacial score (nSPS) is 17.5. The monoisotopic (exact) mass is 559 g/mol. The lowest BCUT2D eigenvalue weighted by molar-refractivity contribution is -0.126. The lowest BCUT2D eigenvalue weighted by Gasteiger charge is -2.32. The summed E-state index contributed by atoms with van der Waals surface area (Å²) in [5.41, 5.74) is 1.84. The van der Waals surface area contributed by atoms with E-state index < -0.39 is 15.4 Å². The molecule has 10 heteroatoms. The standard InChI is InChI=1S/C25H32Cl3N3O3S/c1-18-15-20(6-8-21(18)26)25(2,24(32)29-17-19-5-7-22(27)23(28)16-19)9-12-30-10-4-11-31(14-13-30)35(3,33)34/h5-8,15-16H,4,9-14,17H2,1-3H3,(H,29,32). The Kier molecular flexibility index (Phi) is 9.51. The van der Waals surface area contributed by atoms with Gasteiger partial charge in [0.15, 0.2) is 0 Å². The summed E-state index contributed by atoms with van der Waals surface area (Å²) in [5.74, 6) is -0.0992. The van der Waals surface area contributed by atoms with Gasteiger partial charge in [0.1, 0.15) is 0 Å². The molecule has 3 rings (SSSR count). The summed E-state index contributed by atoms with van der Waals surface area (Å²) >= 11 is 18.4. The lowest BCUT2D eigenvalue weighted by atomic mass is 9.77. The van der Waals surface area contributed by atoms with Crippen molar-refractivity contribution < 1.29 is 13.2 Å². The molecule has 1 heterocycles. The summed E-state index contributed by atoms with van der Waals surface area (Å²) in [6.45, 7) is 7.25. The van der Waals surface area contributed by atoms with Crippen molar-refractivity contribution in [3.63, 3.8) is 0 Å². The molecule has 1 amide bonds. The van der Waals surface area contributed by atoms with Crippen LogP contribution >= 0.6 is 34.8 Å². The number of rotatable bonds is 8. The molecule has 0 spiro atoms. The van der Waals surface area contributed by atoms with Gasteiger partial charge in [0, 0.05) is 31.2 Å². The number of amides is 1. The van der Waals surface area contributed by atoms with Crippen molar-refractivity contribution in [3.8, 4) is 0 Å². The SMILES string of the molecule is Cc1cc(C(C)(CCN2CCCN(S(C)(=O)=O)CC2)C(=O)NCc2ccc(Cl)c(Cl)c2)ccc1Cl. The first-order valence-electron chi connectivity index (χ1n) is 11.6. The van der Waals surface area contributed by atoms with Gasteiger partial charge >= 0.3 is 0 Å². The van der Waals surface area contributed by atoms with Gasteiger partial charge < -0.3 is 10.2 Å². The average Bonchev–Trinajstić information content (AvgIpc) is 3.06. The summed E-state index contributed by atoms with van der Waals surface area (Å²) in [5, 5.41) is 4.63. The molecule has 1 atom stereocenters. The fourth-order valence-electron chi connectivity index (χ4n) is 4.29. The Bertz CT molecular complexity index is 1180. The topological polar surface area (TPSA) is 69.7 Å². The number of nitrogens with one attached hydrogen (secondary N) is 1. The smallest absolute Gasteiger partial charge is 0.230 e. The summed E-state index contributed by atoms with van der Waals surface area (Å²) in [7, 11) is -3.21. The van der Waals surface area contributed by atoms with Gasteiger partial charge in [-0.1, -0.05) is 53.0 Å². The zero-order valence-corrected chi connectivity index (χ0v) is 23.4. The minimum absolute atomic E-state index is 0.0992. The van der Waals surface area contributed by atoms with Crippen LogP contribution in [0.15, 0.2) is 36.4 Å². The summed E-state index contributed by atoms with van der Waals surface area (Å²) in [6, 6.07) is 11.0. The predicted molar refractivity (Wildman–Crippen MR) is 144 cm³/mol. The Balaban J connectivity index is 1.77. The van der Waals surface area contributed by atoms with Gasteiger partial charge in [-0.15, -0.1) is 0 Å². The van der Waals surface area contributed by atoms with Crippen LogP contribution in [0.2, 0.25) is 15.1 Å². The molecule has 6 nitrogen and oxygen atoms in total. The van der Waals surface area contributed by atoms with Crippen LogP contribution in [0.3, 0.4) is 0 Å². The van der Waals surface area contributed by atoms with Gasteiger partial charge in [-0.2, -0.15) is 0 Å². The Labute approximate surface area is 223 Å². The molecule has 0 bridgehead atoms. The van der Waals surface area contributed by atoms with Crippen molar-refractivity contribution in [2.45, 2.75) is 38.6 Å². The van der Waals surface area contributed by atoms with Crippen LogP contribution in [0, 0.1) is 6.92 Å². The average molecular weight is 561 g/mol. The third-order valence-electron chi connectivity index (χ3n) is 6.68. The molecule has 1 fully saturated rings. The maximum absolute atomic E-state index is 13.6. The van der Waals surface area contributed by atoms with Crippen molar-refractivity contribution in [2.75, 3.05) is 39.0 Å². The molecule has 0 saturated carbocycles. The van der Waals surface area contributed by atoms with Crippen LogP contribution < -0.4 is 5.32 Å². The number of sulfonamides is 1. The minimum Gasteiger partial charge on any atom is -0.351 e. The van der Waals surface area contributed by atoms with Crippen LogP contribution in [0.1, 0.15) is 36.5 Å². The van der Waals surface area contributed by atoms with Gasteiger partial charge in [0.2, 0.25) is 15.9 Å². The van der Waals surface area contributed by atoms with Crippen LogP contribution in [-0.2, 0) is 26.8 Å². The van der Waals surface area contributed by atoms with Crippen LogP contribution in [0.4, 0.5) is 0 Å². The van der Waals surface area contributed by atoms with Crippen molar-refractivity contribution in [3.05, 3.63) is 68.2 Å². The molecule has 1 aliphatic heterocycles. The van der Waals surface area contributed by atoms with Crippen molar-refractivity contribution in [1.82, 2.24) is 14.5 Å². The summed E-state index contributed by atoms with van der Waals surface area (Å²) in [4.78, 5) is 15.8. The molecule has 0 aromatic heterocycles. The minimum atomic E-state index is -3.21. The van der Waals surface area contributed by atoms with E-state index in [1.807, 2.05) is 38.1 Å². The first-order valence-corrected chi connectivity index (χ1v) is 14.5. The summed E-state index contributed by atoms with van der Waals surface area (Å²) < 4.78 is 25.4. The third kappa shape index (κ3) is 7.34. The van der Waals surface area contributed by atoms with Gasteiger partial charge in [-0.05, 0) is 74.7 Å². The molecule has 192 valence electrons. The van der Waals surface area contributed by atoms with E-state index >= 15 is 0 Å². The third-order valence-corrected chi connectivity index (χ3v) is 9.14. The highest BCUT2D eigenvalue weighted by Crippen LogP contribution is 2.32. The Morgan fingerprint density at radius 3 is 2.37 bits per heavy atom. The second-order valence-corrected chi connectivity index (χ2v) is 12.5. The number of aryl methyl sites for hydroxylation is 1. The Morgan fingerprint density at radius 2 is 1.71 bits per heavy atom. The van der Waals surface area contributed by atoms with Gasteiger partial charge in [-0.3, -0.25) is 4.79 Å². The maximum atomic E-state index is 13.6. The molecule has 35 heavy (non-hydrogen) atoms. The highest BCUT2D eigenvalue weighted by atomic mass is 35.5. The first-order chi connectivity index (χ1) is 16.4. The second kappa shape index (κ2) is 11.8. The molecular formula is C25H32Cl3N3O3S. The Hall–Kier alpha value is -1.35. The number of hydrogen-bond acceptors (Lipinski definition) is 4. The number of hydrogen-bond donors (Lipinski definition) is 1. The van der Waals surface area contributed by atoms with Gasteiger partial charge in [-0.25, -0.2) is 12.7 Å². The zero-order chi connectivity index (χ0) is 25.8. The molecule has 0 radical (unpaired) electrons. The van der Waals surface area contributed by atoms with E-state index in [1.165, 1.54) is 10.6 Å². The Morgan fingerprint density at radius 1 is 1.00 bits per heavy atom. The number of nitrogens with zero attached hydrogens (tertiary/aromatic N) is 2. The second-order valence-electron chi connectivity index (χ2n) is 9.33. The summed E-state index contributed by atoms with van der Waals surface area (Å²) in [6.07, 6.45) is 2.58. The van der Waals surface area contributed by atoms with Crippen molar-refractivity contribution >= 4 is 50.7 Å². The predicted octanol–water partition coefficient (Wildman–Crippen LogP) is 4.89. The molecule has 1 unspecified atom stereocenters. The van der Waals surface area contributed by atoms with E-state index in [9.17, 15) is 13.2 Å². The highest BCUT2D eigenvalue weighted by molar-refractivity contribution is 7.88. The van der Waals surface area contributed by atoms with Crippen LogP contribution in [0.5, 0.6) is 0 Å². The first kappa shape index (κ1) is 28.2. The molecule has 0 aliphatic carbocycles.